The Labute approximate surface area is 823 Å². The molecule has 0 saturated heterocycles. The minimum atomic E-state index is -0.542. The maximum atomic E-state index is 12.2. The molecule has 16 heteroatoms. The first-order valence-electron chi connectivity index (χ1n) is 49.3. The van der Waals surface area contributed by atoms with Gasteiger partial charge in [-0.1, -0.05) is 488 Å². The molecule has 1 fully saturated rings. The molecule has 138 heavy (non-hydrogen) atoms. The molecule has 0 amide bonds. The SMILES string of the molecule is C=C(C(=O)OC1CCCCC1)c1ccccc1.C=C(C(=O)OCC(C)(C)COC(=O)C(=C)c1ccccc1)c1ccccc1.C=C(C(=O)OCCCCCCCC)c1ccccc1.C=C(C(=O)OCCCCCCCCCCCCCCCCCC)c1ccccc1.C=C(C(=O)OCCCCCCOC(=O)C(=C)c1ccccc1)c1ccccc1.C=C(C(=O)OCc1ccccc1)c1ccccc1. The molecule has 9 aromatic carbocycles. The van der Waals surface area contributed by atoms with Crippen LogP contribution < -0.4 is 0 Å². The van der Waals surface area contributed by atoms with Crippen LogP contribution in [0, 0.1) is 5.41 Å². The predicted octanol–water partition coefficient (Wildman–Crippen LogP) is 29.7. The normalized spacial score (nSPS) is 11.1. The Morgan fingerprint density at radius 3 is 0.630 bits per heavy atom. The minimum absolute atomic E-state index is 0.0942. The lowest BCUT2D eigenvalue weighted by molar-refractivity contribution is -0.146. The van der Waals surface area contributed by atoms with Crippen LogP contribution in [0.4, 0.5) is 0 Å². The average molecular weight is 1870 g/mol. The standard InChI is InChI=1S/C27H44O2.C24H26O4.C23H24O4.C17H24O2.C16H14O2.C15H18O2/c1-3-4-5-6-7-8-9-10-11-12-13-14-15-16-17-21-24-29-27(28)25(2)26-22-19-18-20-23-26;1-19(21-13-7-5-8-14-21)23(25)27-17-11-3-4-12-18-28-24(26)20(2)22-15-9-6-10-16-22;1-17(19-11-7-5-8-12-19)21(24)26-15-23(3,4)16-27-22(25)18(2)20-13-9-6-10-14-20;1-3-4-5-6-7-11-14-19-17(18)15(2)16-12-9-8-10-13-16;1-13(15-10-6-3-7-11-15)16(17)18-12-14-8-4-2-5-9-14;1-12(13-8-4-2-5-9-13)15(16)17-14-10-6-3-7-11-14/h18-20,22-23H,2-17,21,24H2,1H3;5-10,13-16H,1-4,11-12,17-18H2;5-14H,1-2,15-16H2,3-4H3;8-10,12-13H,2-7,11,14H2,1H3;2-11H,1,12H2;2,4-5,8-9,14H,1,3,6-7,10-11H2. The van der Waals surface area contributed by atoms with Crippen LogP contribution in [-0.2, 0) is 82.9 Å². The van der Waals surface area contributed by atoms with Crippen molar-refractivity contribution in [2.45, 2.75) is 239 Å². The Bertz CT molecular complexity index is 4920. The van der Waals surface area contributed by atoms with Crippen molar-refractivity contribution in [2.24, 2.45) is 5.41 Å². The highest BCUT2D eigenvalue weighted by Crippen LogP contribution is 2.27. The second-order valence-corrected chi connectivity index (χ2v) is 34.8. The maximum absolute atomic E-state index is 12.2. The highest BCUT2D eigenvalue weighted by Gasteiger charge is 2.26. The van der Waals surface area contributed by atoms with Gasteiger partial charge in [0.15, 0.2) is 0 Å². The topological polar surface area (TPSA) is 210 Å². The largest absolute Gasteiger partial charge is 0.462 e. The molecule has 9 aromatic rings. The Morgan fingerprint density at radius 2 is 0.413 bits per heavy atom. The number of hydrogen-bond acceptors (Lipinski definition) is 16. The van der Waals surface area contributed by atoms with Gasteiger partial charge in [-0.2, -0.15) is 0 Å². The highest BCUT2D eigenvalue weighted by atomic mass is 16.6. The van der Waals surface area contributed by atoms with Crippen molar-refractivity contribution >= 4 is 92.3 Å². The maximum Gasteiger partial charge on any atom is 0.338 e. The summed E-state index contributed by atoms with van der Waals surface area (Å²) in [4.78, 5) is 95.7. The van der Waals surface area contributed by atoms with Gasteiger partial charge in [0.2, 0.25) is 0 Å². The van der Waals surface area contributed by atoms with Gasteiger partial charge in [0.25, 0.3) is 0 Å². The Hall–Kier alpha value is -13.3. The fourth-order valence-corrected chi connectivity index (χ4v) is 14.1. The van der Waals surface area contributed by atoms with E-state index in [1.165, 1.54) is 122 Å². The third-order valence-corrected chi connectivity index (χ3v) is 22.6. The van der Waals surface area contributed by atoms with E-state index in [-0.39, 0.29) is 61.7 Å². The van der Waals surface area contributed by atoms with Crippen molar-refractivity contribution in [2.75, 3.05) is 39.6 Å². The average Bonchev–Trinajstić information content (AvgIpc) is 0.848. The number of esters is 8. The Kier molecular flexibility index (Phi) is 59.4. The zero-order chi connectivity index (χ0) is 99.9. The molecular weight excluding hydrogens is 1720 g/mol. The predicted molar refractivity (Wildman–Crippen MR) is 564 cm³/mol. The fourth-order valence-electron chi connectivity index (χ4n) is 14.1. The van der Waals surface area contributed by atoms with Gasteiger partial charge < -0.3 is 37.9 Å². The van der Waals surface area contributed by atoms with Crippen molar-refractivity contribution in [3.05, 3.63) is 376 Å². The first-order chi connectivity index (χ1) is 66.9. The molecule has 0 heterocycles. The van der Waals surface area contributed by atoms with Gasteiger partial charge in [-0.15, -0.1) is 0 Å². The summed E-state index contributed by atoms with van der Waals surface area (Å²) in [6.07, 6.45) is 37.6. The van der Waals surface area contributed by atoms with Crippen molar-refractivity contribution in [1.82, 2.24) is 0 Å². The Balaban J connectivity index is 0.000000296. The van der Waals surface area contributed by atoms with E-state index in [0.717, 1.165) is 116 Å². The van der Waals surface area contributed by atoms with Gasteiger partial charge in [-0.05, 0) is 114 Å². The van der Waals surface area contributed by atoms with E-state index in [1.807, 2.05) is 263 Å². The number of hydrogen-bond donors (Lipinski definition) is 0. The van der Waals surface area contributed by atoms with Crippen LogP contribution in [0.2, 0.25) is 0 Å². The quantitative estimate of drug-likeness (QED) is 0.0150. The molecule has 1 aliphatic carbocycles. The van der Waals surface area contributed by atoms with Gasteiger partial charge in [-0.25, -0.2) is 38.4 Å². The van der Waals surface area contributed by atoms with Crippen LogP contribution in [0.25, 0.3) is 44.6 Å². The van der Waals surface area contributed by atoms with Gasteiger partial charge >= 0.3 is 47.8 Å². The second kappa shape index (κ2) is 71.2. The third kappa shape index (κ3) is 49.9. The summed E-state index contributed by atoms with van der Waals surface area (Å²) in [5, 5.41) is 0. The molecule has 0 aliphatic heterocycles. The molecule has 0 radical (unpaired) electrons. The smallest absolute Gasteiger partial charge is 0.338 e. The van der Waals surface area contributed by atoms with Crippen LogP contribution in [0.5, 0.6) is 0 Å². The molecule has 0 atom stereocenters. The number of carbonyl (C=O) groups is 8. The second-order valence-electron chi connectivity index (χ2n) is 34.8. The summed E-state index contributed by atoms with van der Waals surface area (Å²) in [6, 6.07) is 84.1. The van der Waals surface area contributed by atoms with Crippen molar-refractivity contribution < 1.29 is 76.3 Å². The number of rotatable bonds is 54. The fraction of sp³-hybridized carbons (Fsp3) is 0.361. The molecule has 0 N–H and O–H groups in total. The van der Waals surface area contributed by atoms with Crippen molar-refractivity contribution in [3.8, 4) is 0 Å². The Morgan fingerprint density at radius 1 is 0.232 bits per heavy atom. The molecule has 1 aliphatic rings. The van der Waals surface area contributed by atoms with Gasteiger partial charge in [-0.3, -0.25) is 0 Å². The van der Waals surface area contributed by atoms with Crippen LogP contribution in [-0.4, -0.2) is 93.5 Å². The van der Waals surface area contributed by atoms with E-state index < -0.39 is 17.4 Å². The lowest BCUT2D eigenvalue weighted by Crippen LogP contribution is -2.29. The summed E-state index contributed by atoms with van der Waals surface area (Å²) in [7, 11) is 0. The summed E-state index contributed by atoms with van der Waals surface area (Å²) in [5.74, 6) is -3.02. The van der Waals surface area contributed by atoms with Crippen LogP contribution in [0.15, 0.2) is 326 Å². The van der Waals surface area contributed by atoms with Gasteiger partial charge in [0.1, 0.15) is 12.7 Å². The summed E-state index contributed by atoms with van der Waals surface area (Å²) >= 11 is 0. The molecular formula is C122H150O16. The molecule has 0 spiro atoms. The number of ether oxygens (including phenoxy) is 8. The van der Waals surface area contributed by atoms with Gasteiger partial charge in [0.05, 0.1) is 84.2 Å². The van der Waals surface area contributed by atoms with Crippen LogP contribution >= 0.6 is 0 Å². The minimum Gasteiger partial charge on any atom is -0.462 e. The van der Waals surface area contributed by atoms with E-state index in [4.69, 9.17) is 37.9 Å². The van der Waals surface area contributed by atoms with Crippen molar-refractivity contribution in [3.63, 3.8) is 0 Å². The summed E-state index contributed by atoms with van der Waals surface area (Å²) in [6.45, 7) is 40.7. The van der Waals surface area contributed by atoms with Gasteiger partial charge in [0, 0.05) is 5.41 Å². The van der Waals surface area contributed by atoms with Crippen LogP contribution in [0.1, 0.15) is 277 Å². The van der Waals surface area contributed by atoms with E-state index in [2.05, 4.69) is 66.5 Å². The number of unbranched alkanes of at least 4 members (excludes halogenated alkanes) is 23. The summed E-state index contributed by atoms with van der Waals surface area (Å²) < 4.78 is 42.4. The zero-order valence-electron chi connectivity index (χ0n) is 82.6. The van der Waals surface area contributed by atoms with E-state index >= 15 is 0 Å². The molecule has 1 saturated carbocycles. The third-order valence-electron chi connectivity index (χ3n) is 22.6. The molecule has 734 valence electrons. The molecule has 0 bridgehead atoms. The first kappa shape index (κ1) is 115. The molecule has 16 nitrogen and oxygen atoms in total. The zero-order valence-corrected chi connectivity index (χ0v) is 82.6. The molecule has 0 unspecified atom stereocenters. The summed E-state index contributed by atoms with van der Waals surface area (Å²) in [5.41, 5.74) is 9.72. The highest BCUT2D eigenvalue weighted by molar-refractivity contribution is 6.19. The first-order valence-corrected chi connectivity index (χ1v) is 49.3. The van der Waals surface area contributed by atoms with E-state index in [9.17, 15) is 38.4 Å². The lowest BCUT2D eigenvalue weighted by Gasteiger charge is -2.24. The lowest BCUT2D eigenvalue weighted by atomic mass is 9.96. The van der Waals surface area contributed by atoms with Crippen LogP contribution in [0.3, 0.4) is 0 Å². The van der Waals surface area contributed by atoms with E-state index in [1.54, 1.807) is 24.3 Å². The number of carbonyl (C=O) groups excluding carboxylic acids is 8. The molecule has 0 aromatic heterocycles. The van der Waals surface area contributed by atoms with E-state index in [0.29, 0.717) is 82.1 Å². The monoisotopic (exact) mass is 1870 g/mol. The molecule has 10 rings (SSSR count). The number of benzene rings is 9. The van der Waals surface area contributed by atoms with Crippen molar-refractivity contribution in [1.29, 1.82) is 0 Å².